The number of anilines is 1. The predicted molar refractivity (Wildman–Crippen MR) is 152 cm³/mol. The van der Waals surface area contributed by atoms with Crippen LogP contribution in [0.5, 0.6) is 0 Å². The zero-order chi connectivity index (χ0) is 26.4. The summed E-state index contributed by atoms with van der Waals surface area (Å²) in [5.41, 5.74) is 4.04. The molecule has 3 rings (SSSR count). The van der Waals surface area contributed by atoms with Crippen LogP contribution in [0, 0.1) is 12.7 Å². The number of benzene rings is 2. The van der Waals surface area contributed by atoms with E-state index in [1.165, 1.54) is 24.1 Å². The fraction of sp³-hybridized carbons (Fsp3) is 0.444. The summed E-state index contributed by atoms with van der Waals surface area (Å²) in [4.78, 5) is 39.3. The molecule has 0 aliphatic carbocycles. The summed E-state index contributed by atoms with van der Waals surface area (Å²) in [5, 5.41) is 9.66. The van der Waals surface area contributed by atoms with Crippen molar-refractivity contribution in [1.29, 1.82) is 0 Å². The number of Topliss-reactive ketones (excluding diaryl/α,β-unsaturated/α-hetero) is 1. The number of fused-ring (bicyclic) bond motifs is 1. The van der Waals surface area contributed by atoms with Gasteiger partial charge in [0.1, 0.15) is 5.82 Å². The number of amides is 2. The molecule has 38 heavy (non-hydrogen) atoms. The van der Waals surface area contributed by atoms with Gasteiger partial charge in [-0.15, -0.1) is 24.8 Å². The Bertz CT molecular complexity index is 1130. The standard InChI is InChI=1S/C27H36FN5O3.2ClH/c1-18(2)30-10-11-33(25-9-7-21(20(4)34)12-19(25)3)27(36)15-29-14-26(35)31(5)32-16-22-6-8-24(28)13-23(22)17-32;;/h6-9,12-13,18,29-30H,10-11,14-17H2,1-5H3;2*1H. The van der Waals surface area contributed by atoms with Crippen molar-refractivity contribution in [2.45, 2.75) is 46.8 Å². The molecule has 0 saturated carbocycles. The van der Waals surface area contributed by atoms with E-state index < -0.39 is 0 Å². The second-order valence-electron chi connectivity index (χ2n) is 9.47. The summed E-state index contributed by atoms with van der Waals surface area (Å²) in [6, 6.07) is 10.3. The maximum atomic E-state index is 13.5. The number of nitrogens with one attached hydrogen (secondary N) is 2. The largest absolute Gasteiger partial charge is 0.313 e. The molecular formula is C27H38Cl2FN5O3. The molecule has 0 aromatic heterocycles. The van der Waals surface area contributed by atoms with E-state index in [1.54, 1.807) is 36.2 Å². The number of hydrogen-bond donors (Lipinski definition) is 2. The zero-order valence-electron chi connectivity index (χ0n) is 22.5. The summed E-state index contributed by atoms with van der Waals surface area (Å²) in [5.74, 6) is -0.673. The lowest BCUT2D eigenvalue weighted by Gasteiger charge is -2.28. The summed E-state index contributed by atoms with van der Waals surface area (Å²) in [7, 11) is 1.68. The van der Waals surface area contributed by atoms with Crippen molar-refractivity contribution < 1.29 is 18.8 Å². The maximum absolute atomic E-state index is 13.5. The lowest BCUT2D eigenvalue weighted by Crippen LogP contribution is -2.47. The quantitative estimate of drug-likeness (QED) is 0.403. The van der Waals surface area contributed by atoms with Gasteiger partial charge < -0.3 is 10.2 Å². The molecule has 2 aromatic rings. The van der Waals surface area contributed by atoms with Crippen molar-refractivity contribution >= 4 is 48.1 Å². The molecule has 2 aromatic carbocycles. The van der Waals surface area contributed by atoms with E-state index in [2.05, 4.69) is 10.6 Å². The number of nitrogens with zero attached hydrogens (tertiary/aromatic N) is 3. The Morgan fingerprint density at radius 1 is 1.00 bits per heavy atom. The van der Waals surface area contributed by atoms with Crippen LogP contribution in [0.1, 0.15) is 47.8 Å². The molecule has 1 aliphatic heterocycles. The van der Waals surface area contributed by atoms with Gasteiger partial charge >= 0.3 is 0 Å². The first-order chi connectivity index (χ1) is 17.1. The van der Waals surface area contributed by atoms with Crippen molar-refractivity contribution in [3.63, 3.8) is 0 Å². The molecule has 0 saturated heterocycles. The van der Waals surface area contributed by atoms with Gasteiger partial charge in [0.15, 0.2) is 5.78 Å². The number of rotatable bonds is 11. The highest BCUT2D eigenvalue weighted by molar-refractivity contribution is 5.98. The predicted octanol–water partition coefficient (Wildman–Crippen LogP) is 3.49. The second kappa shape index (κ2) is 15.1. The molecule has 0 fully saturated rings. The number of carbonyl (C=O) groups excluding carboxylic acids is 3. The van der Waals surface area contributed by atoms with Crippen molar-refractivity contribution in [2.75, 3.05) is 38.1 Å². The molecule has 2 N–H and O–H groups in total. The molecule has 1 heterocycles. The number of halogens is 3. The third-order valence-corrected chi connectivity index (χ3v) is 6.29. The highest BCUT2D eigenvalue weighted by atomic mass is 35.5. The van der Waals surface area contributed by atoms with E-state index in [0.29, 0.717) is 31.7 Å². The number of aryl methyl sites for hydroxylation is 1. The van der Waals surface area contributed by atoms with Crippen molar-refractivity contribution in [3.05, 3.63) is 64.5 Å². The second-order valence-corrected chi connectivity index (χ2v) is 9.47. The molecule has 0 radical (unpaired) electrons. The Labute approximate surface area is 236 Å². The van der Waals surface area contributed by atoms with Gasteiger partial charge in [-0.3, -0.25) is 24.7 Å². The van der Waals surface area contributed by atoms with Crippen LogP contribution < -0.4 is 15.5 Å². The maximum Gasteiger partial charge on any atom is 0.250 e. The van der Waals surface area contributed by atoms with Crippen LogP contribution in [-0.4, -0.2) is 66.9 Å². The Hall–Kier alpha value is -2.56. The Morgan fingerprint density at radius 2 is 1.66 bits per heavy atom. The number of hydrazine groups is 1. The minimum atomic E-state index is -0.288. The molecule has 0 unspecified atom stereocenters. The van der Waals surface area contributed by atoms with Gasteiger partial charge in [-0.2, -0.15) is 0 Å². The van der Waals surface area contributed by atoms with Crippen LogP contribution in [0.15, 0.2) is 36.4 Å². The van der Waals surface area contributed by atoms with E-state index in [0.717, 1.165) is 22.4 Å². The monoisotopic (exact) mass is 569 g/mol. The van der Waals surface area contributed by atoms with Crippen LogP contribution in [0.4, 0.5) is 10.1 Å². The van der Waals surface area contributed by atoms with Gasteiger partial charge in [-0.1, -0.05) is 19.9 Å². The lowest BCUT2D eigenvalue weighted by atomic mass is 10.1. The first-order valence-electron chi connectivity index (χ1n) is 12.2. The van der Waals surface area contributed by atoms with Crippen LogP contribution in [0.2, 0.25) is 0 Å². The van der Waals surface area contributed by atoms with Crippen LogP contribution in [0.25, 0.3) is 0 Å². The van der Waals surface area contributed by atoms with Crippen molar-refractivity contribution in [1.82, 2.24) is 20.7 Å². The first kappa shape index (κ1) is 33.5. The molecule has 8 nitrogen and oxygen atoms in total. The van der Waals surface area contributed by atoms with Gasteiger partial charge in [-0.05, 0) is 60.9 Å². The zero-order valence-corrected chi connectivity index (χ0v) is 24.2. The van der Waals surface area contributed by atoms with E-state index in [4.69, 9.17) is 0 Å². The van der Waals surface area contributed by atoms with Gasteiger partial charge in [-0.25, -0.2) is 9.40 Å². The third-order valence-electron chi connectivity index (χ3n) is 6.29. The Morgan fingerprint density at radius 3 is 2.29 bits per heavy atom. The average molecular weight is 571 g/mol. The number of likely N-dealkylation sites (N-methyl/N-ethyl adjacent to an activating group) is 1. The highest BCUT2D eigenvalue weighted by Crippen LogP contribution is 2.24. The molecular weight excluding hydrogens is 532 g/mol. The summed E-state index contributed by atoms with van der Waals surface area (Å²) in [6.45, 7) is 9.50. The molecule has 0 spiro atoms. The van der Waals surface area contributed by atoms with E-state index in [9.17, 15) is 18.8 Å². The molecule has 1 aliphatic rings. The summed E-state index contributed by atoms with van der Waals surface area (Å²) < 4.78 is 13.5. The van der Waals surface area contributed by atoms with E-state index >= 15 is 0 Å². The van der Waals surface area contributed by atoms with Crippen LogP contribution >= 0.6 is 24.8 Å². The van der Waals surface area contributed by atoms with Gasteiger partial charge in [0.2, 0.25) is 5.91 Å². The average Bonchev–Trinajstić information content (AvgIpc) is 3.24. The Kier molecular flexibility index (Phi) is 13.3. The van der Waals surface area contributed by atoms with Crippen LogP contribution in [-0.2, 0) is 22.7 Å². The number of ketones is 1. The Balaban J connectivity index is 0.00000361. The molecule has 0 bridgehead atoms. The first-order valence-corrected chi connectivity index (χ1v) is 12.2. The molecule has 0 atom stereocenters. The normalized spacial score (nSPS) is 12.4. The summed E-state index contributed by atoms with van der Waals surface area (Å²) >= 11 is 0. The van der Waals surface area contributed by atoms with E-state index in [1.807, 2.05) is 25.8 Å². The molecule has 210 valence electrons. The van der Waals surface area contributed by atoms with E-state index in [-0.39, 0.29) is 67.4 Å². The van der Waals surface area contributed by atoms with Crippen molar-refractivity contribution in [2.24, 2.45) is 0 Å². The molecule has 2 amide bonds. The number of hydrogen-bond acceptors (Lipinski definition) is 6. The molecule has 11 heteroatoms. The van der Waals surface area contributed by atoms with Crippen molar-refractivity contribution in [3.8, 4) is 0 Å². The lowest BCUT2D eigenvalue weighted by molar-refractivity contribution is -0.145. The summed E-state index contributed by atoms with van der Waals surface area (Å²) in [6.07, 6.45) is 0. The SMILES string of the molecule is CC(=O)c1ccc(N(CCNC(C)C)C(=O)CNCC(=O)N(C)N2Cc3ccc(F)cc3C2)c(C)c1.Cl.Cl. The third kappa shape index (κ3) is 8.74. The smallest absolute Gasteiger partial charge is 0.250 e. The topological polar surface area (TPSA) is 85.0 Å². The minimum absolute atomic E-state index is 0. The minimum Gasteiger partial charge on any atom is -0.313 e. The van der Waals surface area contributed by atoms with Gasteiger partial charge in [0.05, 0.1) is 13.1 Å². The fourth-order valence-corrected chi connectivity index (χ4v) is 4.22. The number of carbonyl (C=O) groups is 3. The van der Waals surface area contributed by atoms with Crippen LogP contribution in [0.3, 0.4) is 0 Å². The van der Waals surface area contributed by atoms with Gasteiger partial charge in [0, 0.05) is 50.5 Å². The highest BCUT2D eigenvalue weighted by Gasteiger charge is 2.25. The van der Waals surface area contributed by atoms with Gasteiger partial charge in [0.25, 0.3) is 5.91 Å². The fourth-order valence-electron chi connectivity index (χ4n) is 4.22.